The Bertz CT molecular complexity index is 1430. The van der Waals surface area contributed by atoms with Crippen molar-refractivity contribution in [3.8, 4) is 5.69 Å². The zero-order valence-electron chi connectivity index (χ0n) is 19.7. The van der Waals surface area contributed by atoms with Crippen molar-refractivity contribution < 1.29 is 17.9 Å². The smallest absolute Gasteiger partial charge is 0.274 e. The molecule has 0 saturated carbocycles. The summed E-state index contributed by atoms with van der Waals surface area (Å²) in [4.78, 5) is 15.4. The van der Waals surface area contributed by atoms with Gasteiger partial charge in [0.05, 0.1) is 41.8 Å². The second-order valence-electron chi connectivity index (χ2n) is 8.61. The zero-order valence-corrected chi connectivity index (χ0v) is 20.5. The molecule has 2 aromatic heterocycles. The Hall–Kier alpha value is -3.50. The predicted molar refractivity (Wildman–Crippen MR) is 132 cm³/mol. The molecule has 0 atom stereocenters. The maximum Gasteiger partial charge on any atom is 0.274 e. The number of fused-ring (bicyclic) bond motifs is 1. The highest BCUT2D eigenvalue weighted by Crippen LogP contribution is 2.38. The van der Waals surface area contributed by atoms with Crippen molar-refractivity contribution in [3.05, 3.63) is 82.3 Å². The maximum atomic E-state index is 13.5. The minimum atomic E-state index is -3.61. The minimum absolute atomic E-state index is 0.182. The molecular weight excluding hydrogens is 466 g/mol. The first-order valence-corrected chi connectivity index (χ1v) is 13.2. The van der Waals surface area contributed by atoms with E-state index >= 15 is 0 Å². The fourth-order valence-electron chi connectivity index (χ4n) is 4.61. The van der Waals surface area contributed by atoms with Gasteiger partial charge in [-0.15, -0.1) is 0 Å². The van der Waals surface area contributed by atoms with Gasteiger partial charge in [0, 0.05) is 31.0 Å². The Morgan fingerprint density at radius 2 is 2.00 bits per heavy atom. The molecule has 182 valence electrons. The summed E-state index contributed by atoms with van der Waals surface area (Å²) in [7, 11) is -3.61. The summed E-state index contributed by atoms with van der Waals surface area (Å²) in [6.07, 6.45) is 6.95. The molecular formula is C25H27N5O4S. The highest BCUT2D eigenvalue weighted by atomic mass is 32.2. The molecule has 4 heterocycles. The number of hydrogen-bond acceptors (Lipinski definition) is 6. The lowest BCUT2D eigenvalue weighted by Crippen LogP contribution is -2.41. The van der Waals surface area contributed by atoms with Crippen molar-refractivity contribution in [2.24, 2.45) is 0 Å². The molecule has 0 bridgehead atoms. The maximum absolute atomic E-state index is 13.5. The van der Waals surface area contributed by atoms with Crippen LogP contribution in [0.2, 0.25) is 0 Å². The molecule has 2 aliphatic rings. The normalized spacial score (nSPS) is 17.7. The van der Waals surface area contributed by atoms with Gasteiger partial charge in [0.1, 0.15) is 0 Å². The lowest BCUT2D eigenvalue weighted by molar-refractivity contribution is 0.0298. The predicted octanol–water partition coefficient (Wildman–Crippen LogP) is 2.83. The Kier molecular flexibility index (Phi) is 6.16. The molecule has 0 aliphatic carbocycles. The van der Waals surface area contributed by atoms with Gasteiger partial charge < -0.3 is 9.64 Å². The van der Waals surface area contributed by atoms with E-state index in [1.165, 1.54) is 0 Å². The molecule has 35 heavy (non-hydrogen) atoms. The monoisotopic (exact) mass is 493 g/mol. The number of hydrogen-bond donors (Lipinski definition) is 0. The van der Waals surface area contributed by atoms with Crippen LogP contribution in [0.4, 0.5) is 0 Å². The molecule has 1 saturated heterocycles. The summed E-state index contributed by atoms with van der Waals surface area (Å²) in [6.45, 7) is 5.95. The number of allylic oxidation sites excluding steroid dienone is 3. The fourth-order valence-corrected chi connectivity index (χ4v) is 6.33. The van der Waals surface area contributed by atoms with Crippen LogP contribution < -0.4 is 0 Å². The number of rotatable bonds is 5. The van der Waals surface area contributed by atoms with Crippen molar-refractivity contribution >= 4 is 21.3 Å². The topological polar surface area (TPSA) is 99.3 Å². The minimum Gasteiger partial charge on any atom is -0.378 e. The van der Waals surface area contributed by atoms with Gasteiger partial charge in [0.25, 0.3) is 5.91 Å². The SMILES string of the molecule is C/C=C\C1=C(C)c2c(c(C(=O)N3CCOCC3)nn2-c2cccc(Cn3cccn3)c2)CS1(=O)=O. The molecule has 0 spiro atoms. The molecule has 5 rings (SSSR count). The Balaban J connectivity index is 1.67. The van der Waals surface area contributed by atoms with Crippen LogP contribution in [0.15, 0.2) is 59.8 Å². The van der Waals surface area contributed by atoms with E-state index < -0.39 is 9.84 Å². The summed E-state index contributed by atoms with van der Waals surface area (Å²) in [5, 5.41) is 9.00. The molecule has 10 heteroatoms. The van der Waals surface area contributed by atoms with Crippen molar-refractivity contribution in [2.45, 2.75) is 26.1 Å². The Morgan fingerprint density at radius 3 is 2.71 bits per heavy atom. The largest absolute Gasteiger partial charge is 0.378 e. The summed E-state index contributed by atoms with van der Waals surface area (Å²) >= 11 is 0. The second kappa shape index (κ2) is 9.27. The van der Waals surface area contributed by atoms with Crippen LogP contribution in [0.3, 0.4) is 0 Å². The van der Waals surface area contributed by atoms with Crippen LogP contribution in [0.25, 0.3) is 11.3 Å². The molecule has 2 aliphatic heterocycles. The van der Waals surface area contributed by atoms with Gasteiger partial charge in [-0.05, 0) is 49.3 Å². The van der Waals surface area contributed by atoms with Crippen LogP contribution in [0.5, 0.6) is 0 Å². The number of carbonyl (C=O) groups excluding carboxylic acids is 1. The van der Waals surface area contributed by atoms with E-state index in [-0.39, 0.29) is 22.3 Å². The number of nitrogens with zero attached hydrogens (tertiary/aromatic N) is 5. The van der Waals surface area contributed by atoms with E-state index in [0.717, 1.165) is 11.3 Å². The number of aromatic nitrogens is 4. The van der Waals surface area contributed by atoms with E-state index in [4.69, 9.17) is 9.84 Å². The van der Waals surface area contributed by atoms with E-state index in [1.807, 2.05) is 41.2 Å². The molecule has 0 radical (unpaired) electrons. The van der Waals surface area contributed by atoms with E-state index in [1.54, 1.807) is 41.8 Å². The van der Waals surface area contributed by atoms with E-state index in [9.17, 15) is 13.2 Å². The zero-order chi connectivity index (χ0) is 24.6. The van der Waals surface area contributed by atoms with Gasteiger partial charge in [-0.3, -0.25) is 9.48 Å². The summed E-state index contributed by atoms with van der Waals surface area (Å²) < 4.78 is 35.3. The first kappa shape index (κ1) is 23.3. The third-order valence-corrected chi connectivity index (χ3v) is 8.04. The molecule has 1 fully saturated rings. The number of amides is 1. The number of morpholine rings is 1. The van der Waals surface area contributed by atoms with Crippen molar-refractivity contribution in [3.63, 3.8) is 0 Å². The van der Waals surface area contributed by atoms with Gasteiger partial charge >= 0.3 is 0 Å². The average Bonchev–Trinajstić information content (AvgIpc) is 3.50. The molecule has 1 amide bonds. The highest BCUT2D eigenvalue weighted by molar-refractivity contribution is 7.95. The lowest BCUT2D eigenvalue weighted by atomic mass is 10.1. The first-order chi connectivity index (χ1) is 16.9. The first-order valence-electron chi connectivity index (χ1n) is 11.5. The van der Waals surface area contributed by atoms with Gasteiger partial charge in [-0.1, -0.05) is 18.2 Å². The second-order valence-corrected chi connectivity index (χ2v) is 10.6. The van der Waals surface area contributed by atoms with Crippen molar-refractivity contribution in [2.75, 3.05) is 26.3 Å². The highest BCUT2D eigenvalue weighted by Gasteiger charge is 2.36. The van der Waals surface area contributed by atoms with E-state index in [0.29, 0.717) is 49.7 Å². The summed E-state index contributed by atoms with van der Waals surface area (Å²) in [5.41, 5.74) is 3.63. The number of carbonyl (C=O) groups is 1. The van der Waals surface area contributed by atoms with Crippen molar-refractivity contribution in [1.29, 1.82) is 0 Å². The van der Waals surface area contributed by atoms with Gasteiger partial charge in [0.2, 0.25) is 0 Å². The van der Waals surface area contributed by atoms with Gasteiger partial charge in [-0.25, -0.2) is 13.1 Å². The van der Waals surface area contributed by atoms with Crippen LogP contribution in [-0.2, 0) is 26.9 Å². The molecule has 9 nitrogen and oxygen atoms in total. The number of ether oxygens (including phenoxy) is 1. The average molecular weight is 494 g/mol. The quantitative estimate of drug-likeness (QED) is 0.542. The number of benzene rings is 1. The number of sulfone groups is 1. The van der Waals surface area contributed by atoms with Gasteiger partial charge in [0.15, 0.2) is 15.5 Å². The third kappa shape index (κ3) is 4.35. The van der Waals surface area contributed by atoms with Gasteiger partial charge in [-0.2, -0.15) is 10.2 Å². The van der Waals surface area contributed by atoms with Crippen LogP contribution in [-0.4, -0.2) is 65.1 Å². The molecule has 3 aromatic rings. The lowest BCUT2D eigenvalue weighted by Gasteiger charge is -2.26. The third-order valence-electron chi connectivity index (χ3n) is 6.26. The molecule has 0 unspecified atom stereocenters. The van der Waals surface area contributed by atoms with Crippen molar-refractivity contribution in [1.82, 2.24) is 24.5 Å². The standard InChI is InChI=1S/C25H27N5O4S/c1-3-6-22-18(2)24-21(17-35(22,32)33)23(25(31)28-11-13-34-14-12-28)27-30(24)20-8-4-7-19(15-20)16-29-10-5-9-26-29/h3-10,15H,11-14,16-17H2,1-2H3/b6-3-. The van der Waals surface area contributed by atoms with Crippen LogP contribution in [0, 0.1) is 0 Å². The van der Waals surface area contributed by atoms with Crippen LogP contribution >= 0.6 is 0 Å². The fraction of sp³-hybridized carbons (Fsp3) is 0.320. The summed E-state index contributed by atoms with van der Waals surface area (Å²) in [6, 6.07) is 9.70. The molecule has 0 N–H and O–H groups in total. The Labute approximate surface area is 204 Å². The van der Waals surface area contributed by atoms with E-state index in [2.05, 4.69) is 5.10 Å². The Morgan fingerprint density at radius 1 is 1.20 bits per heavy atom. The van der Waals surface area contributed by atoms with Crippen LogP contribution in [0.1, 0.15) is 41.2 Å². The molecule has 1 aromatic carbocycles. The summed E-state index contributed by atoms with van der Waals surface area (Å²) in [5.74, 6) is -0.536.